The number of Topliss-reactive ketones (excluding diaryl/α,β-unsaturated/α-hetero) is 1. The summed E-state index contributed by atoms with van der Waals surface area (Å²) in [5.41, 5.74) is 0.860. The van der Waals surface area contributed by atoms with E-state index in [0.29, 0.717) is 19.3 Å². The minimum atomic E-state index is -1.05. The van der Waals surface area contributed by atoms with Gasteiger partial charge in [0.05, 0.1) is 0 Å². The summed E-state index contributed by atoms with van der Waals surface area (Å²) < 4.78 is 0. The van der Waals surface area contributed by atoms with Crippen LogP contribution in [0.3, 0.4) is 0 Å². The topological polar surface area (TPSA) is 83.5 Å². The van der Waals surface area contributed by atoms with E-state index in [1.54, 1.807) is 0 Å². The summed E-state index contributed by atoms with van der Waals surface area (Å²) in [5.74, 6) is -1.26. The number of hydrogen-bond acceptors (Lipinski definition) is 3. The minimum Gasteiger partial charge on any atom is -0.480 e. The number of carbonyl (C=O) groups is 3. The predicted octanol–water partition coefficient (Wildman–Crippen LogP) is 3.14. The SMILES string of the molecule is CC/C=C\CC1C(=O)CCC1CC(=O)N[C@@H](Cc1ccccc1)C(=O)O. The lowest BCUT2D eigenvalue weighted by molar-refractivity contribution is -0.142. The summed E-state index contributed by atoms with van der Waals surface area (Å²) in [6.07, 6.45) is 7.28. The van der Waals surface area contributed by atoms with Gasteiger partial charge in [0.15, 0.2) is 0 Å². The van der Waals surface area contributed by atoms with E-state index in [-0.39, 0.29) is 36.4 Å². The zero-order chi connectivity index (χ0) is 18.9. The van der Waals surface area contributed by atoms with Crippen LogP contribution in [-0.4, -0.2) is 28.8 Å². The van der Waals surface area contributed by atoms with Gasteiger partial charge in [0.2, 0.25) is 5.91 Å². The van der Waals surface area contributed by atoms with Crippen molar-refractivity contribution in [1.29, 1.82) is 0 Å². The maximum atomic E-state index is 12.4. The molecule has 5 heteroatoms. The fourth-order valence-electron chi connectivity index (χ4n) is 3.50. The average molecular weight is 357 g/mol. The first-order valence-corrected chi connectivity index (χ1v) is 9.25. The molecule has 1 saturated carbocycles. The second-order valence-electron chi connectivity index (χ2n) is 6.84. The van der Waals surface area contributed by atoms with E-state index in [0.717, 1.165) is 12.0 Å². The average Bonchev–Trinajstić information content (AvgIpc) is 2.95. The van der Waals surface area contributed by atoms with Gasteiger partial charge in [0.1, 0.15) is 11.8 Å². The second-order valence-corrected chi connectivity index (χ2v) is 6.84. The van der Waals surface area contributed by atoms with Gasteiger partial charge in [-0.25, -0.2) is 4.79 Å². The van der Waals surface area contributed by atoms with Crippen LogP contribution in [0.4, 0.5) is 0 Å². The molecule has 0 heterocycles. The molecular weight excluding hydrogens is 330 g/mol. The lowest BCUT2D eigenvalue weighted by Gasteiger charge is -2.19. The molecule has 2 unspecified atom stereocenters. The fourth-order valence-corrected chi connectivity index (χ4v) is 3.50. The normalized spacial score (nSPS) is 21.0. The monoisotopic (exact) mass is 357 g/mol. The van der Waals surface area contributed by atoms with Crippen LogP contribution in [0.5, 0.6) is 0 Å². The smallest absolute Gasteiger partial charge is 0.326 e. The van der Waals surface area contributed by atoms with Crippen LogP contribution in [0.2, 0.25) is 0 Å². The zero-order valence-electron chi connectivity index (χ0n) is 15.2. The Morgan fingerprint density at radius 2 is 2.00 bits per heavy atom. The molecule has 0 aromatic heterocycles. The van der Waals surface area contributed by atoms with Gasteiger partial charge >= 0.3 is 5.97 Å². The van der Waals surface area contributed by atoms with Crippen molar-refractivity contribution >= 4 is 17.7 Å². The van der Waals surface area contributed by atoms with Crippen molar-refractivity contribution < 1.29 is 19.5 Å². The minimum absolute atomic E-state index is 0.00447. The Hall–Kier alpha value is -2.43. The van der Waals surface area contributed by atoms with Crippen LogP contribution in [-0.2, 0) is 20.8 Å². The molecule has 1 aliphatic carbocycles. The van der Waals surface area contributed by atoms with Crippen molar-refractivity contribution in [2.75, 3.05) is 0 Å². The van der Waals surface area contributed by atoms with Crippen molar-refractivity contribution in [3.8, 4) is 0 Å². The van der Waals surface area contributed by atoms with Gasteiger partial charge in [-0.05, 0) is 30.7 Å². The zero-order valence-corrected chi connectivity index (χ0v) is 15.2. The van der Waals surface area contributed by atoms with E-state index >= 15 is 0 Å². The van der Waals surface area contributed by atoms with Gasteiger partial charge in [-0.15, -0.1) is 0 Å². The third kappa shape index (κ3) is 5.83. The Morgan fingerprint density at radius 1 is 1.27 bits per heavy atom. The summed E-state index contributed by atoms with van der Waals surface area (Å²) in [6.45, 7) is 2.04. The third-order valence-corrected chi connectivity index (χ3v) is 4.90. The molecule has 1 aromatic rings. The summed E-state index contributed by atoms with van der Waals surface area (Å²) in [6, 6.07) is 8.27. The molecule has 3 atom stereocenters. The quantitative estimate of drug-likeness (QED) is 0.665. The molecule has 0 radical (unpaired) electrons. The number of nitrogens with one attached hydrogen (secondary N) is 1. The van der Waals surface area contributed by atoms with E-state index in [9.17, 15) is 19.5 Å². The van der Waals surface area contributed by atoms with Gasteiger partial charge in [-0.3, -0.25) is 9.59 Å². The van der Waals surface area contributed by atoms with E-state index in [2.05, 4.69) is 5.32 Å². The third-order valence-electron chi connectivity index (χ3n) is 4.90. The standard InChI is InChI=1S/C21H27NO4/c1-2-3-5-10-17-16(11-12-19(17)23)14-20(24)22-18(21(25)26)13-15-8-6-4-7-9-15/h3-9,16-18H,2,10-14H2,1H3,(H,22,24)(H,25,26)/b5-3-/t16?,17?,18-/m0/s1. The van der Waals surface area contributed by atoms with Crippen molar-refractivity contribution in [2.45, 2.75) is 51.5 Å². The van der Waals surface area contributed by atoms with Crippen molar-refractivity contribution in [3.63, 3.8) is 0 Å². The molecular formula is C21H27NO4. The van der Waals surface area contributed by atoms with Crippen LogP contribution in [0, 0.1) is 11.8 Å². The summed E-state index contributed by atoms with van der Waals surface area (Å²) >= 11 is 0. The first kappa shape index (κ1) is 19.9. The van der Waals surface area contributed by atoms with Crippen LogP contribution in [0.25, 0.3) is 0 Å². The molecule has 0 aliphatic heterocycles. The number of rotatable bonds is 9. The van der Waals surface area contributed by atoms with E-state index in [1.807, 2.05) is 49.4 Å². The molecule has 1 fully saturated rings. The number of benzene rings is 1. The van der Waals surface area contributed by atoms with E-state index in [4.69, 9.17) is 0 Å². The second kappa shape index (κ2) is 9.90. The molecule has 26 heavy (non-hydrogen) atoms. The number of carboxylic acids is 1. The fraction of sp³-hybridized carbons (Fsp3) is 0.476. The highest BCUT2D eigenvalue weighted by Gasteiger charge is 2.35. The van der Waals surface area contributed by atoms with Crippen molar-refractivity contribution in [1.82, 2.24) is 5.32 Å². The van der Waals surface area contributed by atoms with Crippen molar-refractivity contribution in [2.24, 2.45) is 11.8 Å². The van der Waals surface area contributed by atoms with E-state index < -0.39 is 12.0 Å². The Morgan fingerprint density at radius 3 is 2.65 bits per heavy atom. The Bertz CT molecular complexity index is 653. The molecule has 1 aromatic carbocycles. The van der Waals surface area contributed by atoms with Crippen LogP contribution < -0.4 is 5.32 Å². The number of aliphatic carboxylic acids is 1. The van der Waals surface area contributed by atoms with Gasteiger partial charge in [0, 0.05) is 25.2 Å². The first-order valence-electron chi connectivity index (χ1n) is 9.25. The lowest BCUT2D eigenvalue weighted by Crippen LogP contribution is -2.43. The maximum Gasteiger partial charge on any atom is 0.326 e. The summed E-state index contributed by atoms with van der Waals surface area (Å²) in [7, 11) is 0. The molecule has 1 amide bonds. The van der Waals surface area contributed by atoms with Gasteiger partial charge in [-0.1, -0.05) is 49.4 Å². The lowest BCUT2D eigenvalue weighted by atomic mass is 9.89. The summed E-state index contributed by atoms with van der Waals surface area (Å²) in [5, 5.41) is 12.0. The molecule has 2 N–H and O–H groups in total. The molecule has 0 saturated heterocycles. The Labute approximate surface area is 154 Å². The molecule has 0 bridgehead atoms. The van der Waals surface area contributed by atoms with Gasteiger partial charge in [-0.2, -0.15) is 0 Å². The maximum absolute atomic E-state index is 12.4. The van der Waals surface area contributed by atoms with Crippen LogP contribution in [0.15, 0.2) is 42.5 Å². The highest BCUT2D eigenvalue weighted by Crippen LogP contribution is 2.34. The molecule has 0 spiro atoms. The van der Waals surface area contributed by atoms with E-state index in [1.165, 1.54) is 0 Å². The highest BCUT2D eigenvalue weighted by atomic mass is 16.4. The Kier molecular flexibility index (Phi) is 7.57. The molecule has 140 valence electrons. The van der Waals surface area contributed by atoms with Crippen molar-refractivity contribution in [3.05, 3.63) is 48.0 Å². The number of carbonyl (C=O) groups excluding carboxylic acids is 2. The number of amides is 1. The largest absolute Gasteiger partial charge is 0.480 e. The first-order chi connectivity index (χ1) is 12.5. The molecule has 5 nitrogen and oxygen atoms in total. The predicted molar refractivity (Wildman–Crippen MR) is 99.6 cm³/mol. The Balaban J connectivity index is 1.93. The number of ketones is 1. The van der Waals surface area contributed by atoms with Gasteiger partial charge in [0.25, 0.3) is 0 Å². The molecule has 2 rings (SSSR count). The number of hydrogen-bond donors (Lipinski definition) is 2. The summed E-state index contributed by atoms with van der Waals surface area (Å²) in [4.78, 5) is 35.9. The highest BCUT2D eigenvalue weighted by molar-refractivity contribution is 5.87. The number of allylic oxidation sites excluding steroid dienone is 2. The van der Waals surface area contributed by atoms with Gasteiger partial charge < -0.3 is 10.4 Å². The number of carboxylic acid groups (broad SMARTS) is 1. The van der Waals surface area contributed by atoms with Crippen LogP contribution >= 0.6 is 0 Å². The molecule has 1 aliphatic rings. The van der Waals surface area contributed by atoms with Crippen LogP contribution in [0.1, 0.15) is 44.6 Å².